The Hall–Kier alpha value is -1.34. The summed E-state index contributed by atoms with van der Waals surface area (Å²) in [4.78, 5) is 24.5. The molecule has 116 valence electrons. The highest BCUT2D eigenvalue weighted by Gasteiger charge is 2.29. The quantitative estimate of drug-likeness (QED) is 0.652. The third kappa shape index (κ3) is 4.97. The van der Waals surface area contributed by atoms with Crippen LogP contribution in [0.1, 0.15) is 26.7 Å². The lowest BCUT2D eigenvalue weighted by atomic mass is 9.94. The number of nitrogens with one attached hydrogen (secondary N) is 1. The molecule has 7 heteroatoms. The van der Waals surface area contributed by atoms with Gasteiger partial charge in [0.15, 0.2) is 0 Å². The van der Waals surface area contributed by atoms with Crippen LogP contribution in [0.5, 0.6) is 0 Å². The minimum absolute atomic E-state index is 0.00493. The Morgan fingerprint density at radius 3 is 2.45 bits per heavy atom. The van der Waals surface area contributed by atoms with Gasteiger partial charge in [-0.2, -0.15) is 0 Å². The van der Waals surface area contributed by atoms with Gasteiger partial charge in [-0.3, -0.25) is 4.79 Å². The molecule has 1 fully saturated rings. The maximum atomic E-state index is 11.9. The number of carbonyl (C=O) groups is 2. The number of ether oxygens (including phenoxy) is 1. The number of carboxylic acids is 1. The minimum Gasteiger partial charge on any atom is -0.481 e. The molecule has 2 amide bonds. The molecular formula is C13H24N2O5. The van der Waals surface area contributed by atoms with Crippen LogP contribution in [0, 0.1) is 5.41 Å². The Morgan fingerprint density at radius 2 is 1.95 bits per heavy atom. The number of rotatable bonds is 6. The average molecular weight is 288 g/mol. The molecule has 0 bridgehead atoms. The second-order valence-corrected chi connectivity index (χ2v) is 5.63. The molecular weight excluding hydrogens is 264 g/mol. The number of amides is 2. The van der Waals surface area contributed by atoms with Crippen LogP contribution in [-0.4, -0.2) is 66.1 Å². The largest absolute Gasteiger partial charge is 0.481 e. The van der Waals surface area contributed by atoms with Crippen molar-refractivity contribution in [1.82, 2.24) is 10.2 Å². The fourth-order valence-electron chi connectivity index (χ4n) is 1.93. The molecule has 0 spiro atoms. The van der Waals surface area contributed by atoms with Crippen LogP contribution >= 0.6 is 0 Å². The van der Waals surface area contributed by atoms with Crippen molar-refractivity contribution >= 4 is 12.0 Å². The molecule has 1 aliphatic heterocycles. The zero-order valence-corrected chi connectivity index (χ0v) is 12.1. The summed E-state index contributed by atoms with van der Waals surface area (Å²) in [5.74, 6) is -0.936. The van der Waals surface area contributed by atoms with E-state index in [0.29, 0.717) is 19.7 Å². The van der Waals surface area contributed by atoms with Crippen molar-refractivity contribution in [3.8, 4) is 0 Å². The van der Waals surface area contributed by atoms with Crippen LogP contribution < -0.4 is 5.32 Å². The topological polar surface area (TPSA) is 99.1 Å². The first kappa shape index (κ1) is 16.7. The molecule has 0 aromatic rings. The normalized spacial score (nSPS) is 17.1. The summed E-state index contributed by atoms with van der Waals surface area (Å²) < 4.78 is 5.42. The van der Waals surface area contributed by atoms with E-state index in [1.165, 1.54) is 0 Å². The Morgan fingerprint density at radius 1 is 1.35 bits per heavy atom. The van der Waals surface area contributed by atoms with E-state index in [1.54, 1.807) is 18.7 Å². The maximum absolute atomic E-state index is 11.9. The van der Waals surface area contributed by atoms with Crippen molar-refractivity contribution in [1.29, 1.82) is 0 Å². The Bertz CT molecular complexity index is 338. The molecule has 0 radical (unpaired) electrons. The van der Waals surface area contributed by atoms with Gasteiger partial charge in [0.25, 0.3) is 0 Å². The fraction of sp³-hybridized carbons (Fsp3) is 0.846. The lowest BCUT2D eigenvalue weighted by Crippen LogP contribution is -2.49. The van der Waals surface area contributed by atoms with Gasteiger partial charge in [0.2, 0.25) is 0 Å². The molecule has 20 heavy (non-hydrogen) atoms. The van der Waals surface area contributed by atoms with E-state index in [-0.39, 0.29) is 25.3 Å². The van der Waals surface area contributed by atoms with Crippen LogP contribution in [0.3, 0.4) is 0 Å². The van der Waals surface area contributed by atoms with Gasteiger partial charge < -0.3 is 25.2 Å². The summed E-state index contributed by atoms with van der Waals surface area (Å²) in [5.41, 5.74) is -0.974. The number of hydrogen-bond donors (Lipinski definition) is 3. The van der Waals surface area contributed by atoms with Gasteiger partial charge in [0, 0.05) is 19.6 Å². The highest BCUT2D eigenvalue weighted by Crippen LogP contribution is 2.15. The molecule has 1 aliphatic rings. The predicted octanol–water partition coefficient (Wildman–Crippen LogP) is 0.280. The third-order valence-electron chi connectivity index (χ3n) is 3.43. The maximum Gasteiger partial charge on any atom is 0.317 e. The first-order valence-corrected chi connectivity index (χ1v) is 6.85. The first-order chi connectivity index (χ1) is 9.36. The molecule has 0 saturated carbocycles. The van der Waals surface area contributed by atoms with E-state index in [0.717, 1.165) is 12.8 Å². The number of hydrogen-bond acceptors (Lipinski definition) is 4. The number of aliphatic carboxylic acids is 1. The Balaban J connectivity index is 2.31. The number of aliphatic hydroxyl groups excluding tert-OH is 1. The summed E-state index contributed by atoms with van der Waals surface area (Å²) in [7, 11) is 0. The zero-order valence-electron chi connectivity index (χ0n) is 12.1. The predicted molar refractivity (Wildman–Crippen MR) is 72.4 cm³/mol. The summed E-state index contributed by atoms with van der Waals surface area (Å²) >= 11 is 0. The van der Waals surface area contributed by atoms with E-state index in [4.69, 9.17) is 14.9 Å². The lowest BCUT2D eigenvalue weighted by Gasteiger charge is -2.32. The van der Waals surface area contributed by atoms with E-state index >= 15 is 0 Å². The molecule has 1 heterocycles. The van der Waals surface area contributed by atoms with Crippen LogP contribution in [0.15, 0.2) is 0 Å². The second kappa shape index (κ2) is 7.44. The SMILES string of the molecule is CC(C)(CNC(=O)N1CCC(OCCO)CC1)C(=O)O. The van der Waals surface area contributed by atoms with Gasteiger partial charge in [-0.25, -0.2) is 4.79 Å². The molecule has 0 aliphatic carbocycles. The smallest absolute Gasteiger partial charge is 0.317 e. The van der Waals surface area contributed by atoms with Gasteiger partial charge in [-0.1, -0.05) is 0 Å². The molecule has 1 rings (SSSR count). The highest BCUT2D eigenvalue weighted by atomic mass is 16.5. The third-order valence-corrected chi connectivity index (χ3v) is 3.43. The number of piperidine rings is 1. The minimum atomic E-state index is -0.974. The van der Waals surface area contributed by atoms with Crippen molar-refractivity contribution in [3.05, 3.63) is 0 Å². The molecule has 1 saturated heterocycles. The lowest BCUT2D eigenvalue weighted by molar-refractivity contribution is -0.146. The number of likely N-dealkylation sites (tertiary alicyclic amines) is 1. The summed E-state index contributed by atoms with van der Waals surface area (Å²) in [6.45, 7) is 4.73. The number of nitrogens with zero attached hydrogens (tertiary/aromatic N) is 1. The zero-order chi connectivity index (χ0) is 15.2. The van der Waals surface area contributed by atoms with Gasteiger partial charge in [-0.05, 0) is 26.7 Å². The monoisotopic (exact) mass is 288 g/mol. The van der Waals surface area contributed by atoms with Crippen LogP contribution in [0.2, 0.25) is 0 Å². The second-order valence-electron chi connectivity index (χ2n) is 5.63. The van der Waals surface area contributed by atoms with Gasteiger partial charge in [0.1, 0.15) is 0 Å². The molecule has 0 unspecified atom stereocenters. The number of carbonyl (C=O) groups excluding carboxylic acids is 1. The Kier molecular flexibility index (Phi) is 6.22. The highest BCUT2D eigenvalue weighted by molar-refractivity contribution is 5.77. The van der Waals surface area contributed by atoms with Crippen molar-refractivity contribution in [2.75, 3.05) is 32.8 Å². The van der Waals surface area contributed by atoms with Crippen molar-refractivity contribution in [2.24, 2.45) is 5.41 Å². The van der Waals surface area contributed by atoms with Crippen LogP contribution in [0.4, 0.5) is 4.79 Å². The van der Waals surface area contributed by atoms with Gasteiger partial charge in [0.05, 0.1) is 24.7 Å². The molecule has 0 atom stereocenters. The van der Waals surface area contributed by atoms with Gasteiger partial charge in [-0.15, -0.1) is 0 Å². The standard InChI is InChI=1S/C13H24N2O5/c1-13(2,11(17)18)9-14-12(19)15-5-3-10(4-6-15)20-8-7-16/h10,16H,3-9H2,1-2H3,(H,14,19)(H,17,18). The fourth-order valence-corrected chi connectivity index (χ4v) is 1.93. The average Bonchev–Trinajstić information content (AvgIpc) is 2.43. The summed E-state index contributed by atoms with van der Waals surface area (Å²) in [5, 5.41) is 20.3. The summed E-state index contributed by atoms with van der Waals surface area (Å²) in [6.07, 6.45) is 1.55. The van der Waals surface area contributed by atoms with E-state index < -0.39 is 11.4 Å². The van der Waals surface area contributed by atoms with E-state index in [9.17, 15) is 9.59 Å². The first-order valence-electron chi connectivity index (χ1n) is 6.85. The van der Waals surface area contributed by atoms with Crippen molar-refractivity contribution < 1.29 is 24.5 Å². The van der Waals surface area contributed by atoms with Crippen molar-refractivity contribution in [3.63, 3.8) is 0 Å². The summed E-state index contributed by atoms with van der Waals surface area (Å²) in [6, 6.07) is -0.236. The van der Waals surface area contributed by atoms with Crippen LogP contribution in [-0.2, 0) is 9.53 Å². The van der Waals surface area contributed by atoms with Gasteiger partial charge >= 0.3 is 12.0 Å². The number of aliphatic hydroxyl groups is 1. The molecule has 0 aromatic carbocycles. The van der Waals surface area contributed by atoms with Crippen LogP contribution in [0.25, 0.3) is 0 Å². The van der Waals surface area contributed by atoms with E-state index in [1.807, 2.05) is 0 Å². The number of carboxylic acid groups (broad SMARTS) is 1. The molecule has 3 N–H and O–H groups in total. The molecule has 0 aromatic heterocycles. The number of urea groups is 1. The van der Waals surface area contributed by atoms with Crippen molar-refractivity contribution in [2.45, 2.75) is 32.8 Å². The Labute approximate surface area is 118 Å². The molecule has 7 nitrogen and oxygen atoms in total. The van der Waals surface area contributed by atoms with E-state index in [2.05, 4.69) is 5.32 Å².